The summed E-state index contributed by atoms with van der Waals surface area (Å²) in [6, 6.07) is 4.75. The van der Waals surface area contributed by atoms with E-state index in [1.165, 1.54) is 14.2 Å². The Kier molecular flexibility index (Phi) is 5.95. The van der Waals surface area contributed by atoms with E-state index in [0.717, 1.165) is 5.56 Å². The van der Waals surface area contributed by atoms with Crippen LogP contribution in [0.1, 0.15) is 22.8 Å². The number of methoxy groups -OCH3 is 2. The van der Waals surface area contributed by atoms with Crippen molar-refractivity contribution in [1.82, 2.24) is 10.6 Å². The molecule has 0 bridgehead atoms. The lowest BCUT2D eigenvalue weighted by Gasteiger charge is -2.29. The highest BCUT2D eigenvalue weighted by Crippen LogP contribution is 2.20. The Morgan fingerprint density at radius 1 is 1.39 bits per heavy atom. The SMILES string of the molecule is COC(=O)c1cc(CNC(=O)[C@H]2NCCO[C@@H]2C)ccc1OC. The molecule has 1 aliphatic rings. The van der Waals surface area contributed by atoms with Crippen LogP contribution in [0.15, 0.2) is 18.2 Å². The first-order valence-corrected chi connectivity index (χ1v) is 7.44. The van der Waals surface area contributed by atoms with E-state index >= 15 is 0 Å². The van der Waals surface area contributed by atoms with Crippen molar-refractivity contribution in [3.63, 3.8) is 0 Å². The van der Waals surface area contributed by atoms with Crippen molar-refractivity contribution in [2.75, 3.05) is 27.4 Å². The van der Waals surface area contributed by atoms with Crippen molar-refractivity contribution >= 4 is 11.9 Å². The van der Waals surface area contributed by atoms with Crippen LogP contribution in [0.2, 0.25) is 0 Å². The molecule has 1 heterocycles. The summed E-state index contributed by atoms with van der Waals surface area (Å²) in [6.07, 6.45) is -0.176. The van der Waals surface area contributed by atoms with Gasteiger partial charge in [-0.2, -0.15) is 0 Å². The molecule has 1 aliphatic heterocycles. The molecule has 1 aromatic rings. The van der Waals surface area contributed by atoms with Crippen LogP contribution in [0.4, 0.5) is 0 Å². The Morgan fingerprint density at radius 3 is 2.83 bits per heavy atom. The number of esters is 1. The fourth-order valence-electron chi connectivity index (χ4n) is 2.46. The Hall–Kier alpha value is -2.12. The minimum atomic E-state index is -0.481. The second-order valence-electron chi connectivity index (χ2n) is 5.25. The van der Waals surface area contributed by atoms with Crippen LogP contribution in [0, 0.1) is 0 Å². The Morgan fingerprint density at radius 2 is 2.17 bits per heavy atom. The first-order valence-electron chi connectivity index (χ1n) is 7.44. The Labute approximate surface area is 135 Å². The van der Waals surface area contributed by atoms with E-state index in [1.807, 2.05) is 6.92 Å². The van der Waals surface area contributed by atoms with Crippen LogP contribution in [-0.4, -0.2) is 51.4 Å². The molecule has 23 heavy (non-hydrogen) atoms. The lowest BCUT2D eigenvalue weighted by atomic mass is 10.1. The molecule has 2 rings (SSSR count). The molecule has 1 aromatic carbocycles. The van der Waals surface area contributed by atoms with Gasteiger partial charge in [0.05, 0.1) is 26.9 Å². The number of ether oxygens (including phenoxy) is 3. The lowest BCUT2D eigenvalue weighted by Crippen LogP contribution is -2.55. The number of carbonyl (C=O) groups is 2. The third kappa shape index (κ3) is 4.20. The summed E-state index contributed by atoms with van der Waals surface area (Å²) in [5, 5.41) is 5.98. The van der Waals surface area contributed by atoms with E-state index in [1.54, 1.807) is 18.2 Å². The largest absolute Gasteiger partial charge is 0.496 e. The first kappa shape index (κ1) is 17.2. The third-order valence-electron chi connectivity index (χ3n) is 3.73. The summed E-state index contributed by atoms with van der Waals surface area (Å²) >= 11 is 0. The zero-order valence-electron chi connectivity index (χ0n) is 13.5. The van der Waals surface area contributed by atoms with E-state index in [2.05, 4.69) is 10.6 Å². The lowest BCUT2D eigenvalue weighted by molar-refractivity contribution is -0.129. The van der Waals surface area contributed by atoms with Gasteiger partial charge >= 0.3 is 5.97 Å². The molecule has 1 saturated heterocycles. The molecule has 0 aliphatic carbocycles. The van der Waals surface area contributed by atoms with Crippen LogP contribution in [-0.2, 0) is 20.8 Å². The number of hydrogen-bond donors (Lipinski definition) is 2. The Balaban J connectivity index is 2.02. The molecule has 0 saturated carbocycles. The van der Waals surface area contributed by atoms with Gasteiger partial charge in [-0.05, 0) is 24.6 Å². The maximum absolute atomic E-state index is 12.2. The topological polar surface area (TPSA) is 85.9 Å². The normalized spacial score (nSPS) is 20.7. The van der Waals surface area contributed by atoms with Crippen LogP contribution < -0.4 is 15.4 Å². The average molecular weight is 322 g/mol. The van der Waals surface area contributed by atoms with Crippen LogP contribution in [0.5, 0.6) is 5.75 Å². The van der Waals surface area contributed by atoms with E-state index in [4.69, 9.17) is 14.2 Å². The first-order chi connectivity index (χ1) is 11.1. The van der Waals surface area contributed by atoms with Crippen molar-refractivity contribution in [1.29, 1.82) is 0 Å². The number of hydrogen-bond acceptors (Lipinski definition) is 6. The predicted octanol–water partition coefficient (Wildman–Crippen LogP) is 0.475. The maximum Gasteiger partial charge on any atom is 0.341 e. The van der Waals surface area contributed by atoms with Gasteiger partial charge in [0.2, 0.25) is 5.91 Å². The summed E-state index contributed by atoms with van der Waals surface area (Å²) in [5.74, 6) is -0.179. The van der Waals surface area contributed by atoms with Crippen LogP contribution >= 0.6 is 0 Å². The number of benzene rings is 1. The van der Waals surface area contributed by atoms with Crippen LogP contribution in [0.25, 0.3) is 0 Å². The second-order valence-corrected chi connectivity index (χ2v) is 5.25. The molecule has 126 valence electrons. The van der Waals surface area contributed by atoms with Gasteiger partial charge in [-0.1, -0.05) is 6.07 Å². The molecule has 0 unspecified atom stereocenters. The van der Waals surface area contributed by atoms with Gasteiger partial charge in [0.15, 0.2) is 0 Å². The van der Waals surface area contributed by atoms with E-state index in [-0.39, 0.29) is 18.1 Å². The molecule has 7 nitrogen and oxygen atoms in total. The van der Waals surface area contributed by atoms with Gasteiger partial charge in [-0.25, -0.2) is 4.79 Å². The Bertz CT molecular complexity index is 576. The van der Waals surface area contributed by atoms with Crippen molar-refractivity contribution in [2.24, 2.45) is 0 Å². The molecule has 0 radical (unpaired) electrons. The zero-order chi connectivity index (χ0) is 16.8. The summed E-state index contributed by atoms with van der Waals surface area (Å²) in [4.78, 5) is 24.0. The standard InChI is InChI=1S/C16H22N2O5/c1-10-14(17-6-7-23-10)15(19)18-9-11-4-5-13(21-2)12(8-11)16(20)22-3/h4-5,8,10,14,17H,6-7,9H2,1-3H3,(H,18,19)/t10-,14+/m1/s1. The highest BCUT2D eigenvalue weighted by atomic mass is 16.5. The number of rotatable bonds is 5. The minimum Gasteiger partial charge on any atom is -0.496 e. The van der Waals surface area contributed by atoms with Gasteiger partial charge in [-0.3, -0.25) is 4.79 Å². The van der Waals surface area contributed by atoms with Gasteiger partial charge in [0, 0.05) is 13.1 Å². The van der Waals surface area contributed by atoms with Crippen molar-refractivity contribution in [3.8, 4) is 5.75 Å². The van der Waals surface area contributed by atoms with Gasteiger partial charge in [0.1, 0.15) is 17.4 Å². The second kappa shape index (κ2) is 7.94. The average Bonchev–Trinajstić information content (AvgIpc) is 2.59. The fourth-order valence-corrected chi connectivity index (χ4v) is 2.46. The quantitative estimate of drug-likeness (QED) is 0.767. The molecular formula is C16H22N2O5. The summed E-state index contributed by atoms with van der Waals surface area (Å²) < 4.78 is 15.3. The summed E-state index contributed by atoms with van der Waals surface area (Å²) in [6.45, 7) is 3.42. The molecule has 2 N–H and O–H groups in total. The van der Waals surface area contributed by atoms with E-state index in [0.29, 0.717) is 31.0 Å². The van der Waals surface area contributed by atoms with Crippen molar-refractivity contribution in [2.45, 2.75) is 25.6 Å². The minimum absolute atomic E-state index is 0.132. The molecule has 1 amide bonds. The van der Waals surface area contributed by atoms with E-state index in [9.17, 15) is 9.59 Å². The van der Waals surface area contributed by atoms with Crippen molar-refractivity contribution in [3.05, 3.63) is 29.3 Å². The van der Waals surface area contributed by atoms with Crippen molar-refractivity contribution < 1.29 is 23.8 Å². The molecule has 2 atom stereocenters. The highest BCUT2D eigenvalue weighted by Gasteiger charge is 2.28. The van der Waals surface area contributed by atoms with Gasteiger partial charge in [-0.15, -0.1) is 0 Å². The van der Waals surface area contributed by atoms with Gasteiger partial charge < -0.3 is 24.8 Å². The number of morpholine rings is 1. The number of amides is 1. The fraction of sp³-hybridized carbons (Fsp3) is 0.500. The highest BCUT2D eigenvalue weighted by molar-refractivity contribution is 5.92. The molecule has 0 spiro atoms. The van der Waals surface area contributed by atoms with Crippen LogP contribution in [0.3, 0.4) is 0 Å². The molecular weight excluding hydrogens is 300 g/mol. The summed E-state index contributed by atoms with van der Waals surface area (Å²) in [5.41, 5.74) is 1.11. The third-order valence-corrected chi connectivity index (χ3v) is 3.73. The van der Waals surface area contributed by atoms with Gasteiger partial charge in [0.25, 0.3) is 0 Å². The number of nitrogens with one attached hydrogen (secondary N) is 2. The van der Waals surface area contributed by atoms with E-state index < -0.39 is 5.97 Å². The monoisotopic (exact) mass is 322 g/mol. The molecule has 0 aromatic heterocycles. The number of carbonyl (C=O) groups excluding carboxylic acids is 2. The predicted molar refractivity (Wildman–Crippen MR) is 83.4 cm³/mol. The zero-order valence-corrected chi connectivity index (χ0v) is 13.5. The smallest absolute Gasteiger partial charge is 0.341 e. The summed E-state index contributed by atoms with van der Waals surface area (Å²) in [7, 11) is 2.80. The molecule has 1 fully saturated rings. The molecule has 7 heteroatoms. The maximum atomic E-state index is 12.2.